The molecule has 0 spiro atoms. The minimum absolute atomic E-state index is 0.856. The van der Waals surface area contributed by atoms with Crippen LogP contribution in [0.15, 0.2) is 60.7 Å². The van der Waals surface area contributed by atoms with Gasteiger partial charge < -0.3 is 0 Å². The number of rotatable bonds is 3. The first-order valence-corrected chi connectivity index (χ1v) is 6.13. The van der Waals surface area contributed by atoms with Gasteiger partial charge >= 0.3 is 5.96 Å². The molecule has 3 nitrogen and oxygen atoms in total. The molecular weight excluding hydrogens is 222 g/mol. The maximum Gasteiger partial charge on any atom is 0.353 e. The average molecular weight is 240 g/mol. The van der Waals surface area contributed by atoms with Gasteiger partial charge in [0.15, 0.2) is 0 Å². The number of hydrogen-bond acceptors (Lipinski definition) is 0. The topological polar surface area (TPSA) is 38.0 Å². The van der Waals surface area contributed by atoms with Gasteiger partial charge in [-0.2, -0.15) is 0 Å². The van der Waals surface area contributed by atoms with Crippen LogP contribution in [0.4, 0.5) is 11.4 Å². The predicted molar refractivity (Wildman–Crippen MR) is 76.6 cm³/mol. The van der Waals surface area contributed by atoms with Crippen LogP contribution in [0, 0.1) is 0 Å². The molecule has 0 saturated heterocycles. The Morgan fingerprint density at radius 2 is 1.28 bits per heavy atom. The summed E-state index contributed by atoms with van der Waals surface area (Å²) in [5.74, 6) is 0.884. The lowest BCUT2D eigenvalue weighted by Crippen LogP contribution is -2.76. The van der Waals surface area contributed by atoms with E-state index in [2.05, 4.69) is 22.5 Å². The van der Waals surface area contributed by atoms with Crippen LogP contribution in [0.1, 0.15) is 6.92 Å². The number of nitrogens with one attached hydrogen (secondary N) is 3. The molecule has 0 bridgehead atoms. The summed E-state index contributed by atoms with van der Waals surface area (Å²) in [7, 11) is 0. The molecule has 2 aromatic rings. The first-order chi connectivity index (χ1) is 8.88. The van der Waals surface area contributed by atoms with Crippen LogP contribution in [0.3, 0.4) is 0 Å². The lowest BCUT2D eigenvalue weighted by atomic mass is 10.3. The molecule has 0 fully saturated rings. The molecule has 92 valence electrons. The second-order valence-corrected chi connectivity index (χ2v) is 3.89. The van der Waals surface area contributed by atoms with Crippen molar-refractivity contribution < 1.29 is 4.99 Å². The summed E-state index contributed by atoms with van der Waals surface area (Å²) in [5, 5.41) is 6.65. The van der Waals surface area contributed by atoms with Crippen LogP contribution < -0.4 is 15.6 Å². The van der Waals surface area contributed by atoms with Crippen molar-refractivity contribution in [3.63, 3.8) is 0 Å². The molecular formula is C15H18N3+. The third-order valence-electron chi connectivity index (χ3n) is 2.44. The van der Waals surface area contributed by atoms with Crippen molar-refractivity contribution in [3.05, 3.63) is 60.7 Å². The van der Waals surface area contributed by atoms with Crippen molar-refractivity contribution in [2.24, 2.45) is 0 Å². The van der Waals surface area contributed by atoms with Crippen LogP contribution in [-0.4, -0.2) is 12.5 Å². The number of para-hydroxylation sites is 2. The van der Waals surface area contributed by atoms with Crippen LogP contribution in [-0.2, 0) is 0 Å². The number of guanidine groups is 1. The summed E-state index contributed by atoms with van der Waals surface area (Å²) in [6.45, 7) is 2.92. The predicted octanol–water partition coefficient (Wildman–Crippen LogP) is 1.67. The van der Waals surface area contributed by atoms with Gasteiger partial charge in [0.05, 0.1) is 17.9 Å². The largest absolute Gasteiger partial charge is 0.353 e. The Bertz CT molecular complexity index is 448. The van der Waals surface area contributed by atoms with Crippen molar-refractivity contribution >= 4 is 17.3 Å². The Kier molecular flexibility index (Phi) is 4.36. The van der Waals surface area contributed by atoms with Crippen LogP contribution in [0.2, 0.25) is 0 Å². The van der Waals surface area contributed by atoms with Crippen molar-refractivity contribution in [2.75, 3.05) is 17.2 Å². The van der Waals surface area contributed by atoms with E-state index in [9.17, 15) is 0 Å². The van der Waals surface area contributed by atoms with Gasteiger partial charge in [-0.3, -0.25) is 4.99 Å². The van der Waals surface area contributed by atoms with E-state index in [1.54, 1.807) is 0 Å². The molecule has 0 unspecified atom stereocenters. The van der Waals surface area contributed by atoms with E-state index >= 15 is 0 Å². The Morgan fingerprint density at radius 1 is 0.833 bits per heavy atom. The number of hydrogen-bond donors (Lipinski definition) is 3. The SMILES string of the molecule is CC[NH+]=C(Nc1ccccc1)Nc1ccccc1. The summed E-state index contributed by atoms with van der Waals surface area (Å²) < 4.78 is 0. The molecule has 0 aliphatic carbocycles. The second kappa shape index (κ2) is 6.45. The van der Waals surface area contributed by atoms with Crippen molar-refractivity contribution in [1.82, 2.24) is 0 Å². The normalized spacial score (nSPS) is 9.61. The lowest BCUT2D eigenvalue weighted by Gasteiger charge is -2.05. The first kappa shape index (κ1) is 12.2. The van der Waals surface area contributed by atoms with Crippen LogP contribution >= 0.6 is 0 Å². The highest BCUT2D eigenvalue weighted by Gasteiger charge is 2.07. The van der Waals surface area contributed by atoms with Gasteiger partial charge in [0, 0.05) is 0 Å². The van der Waals surface area contributed by atoms with E-state index in [-0.39, 0.29) is 0 Å². The van der Waals surface area contributed by atoms with Gasteiger partial charge in [-0.15, -0.1) is 0 Å². The van der Waals surface area contributed by atoms with Gasteiger partial charge in [0.25, 0.3) is 0 Å². The van der Waals surface area contributed by atoms with Crippen LogP contribution in [0.25, 0.3) is 0 Å². The highest BCUT2D eigenvalue weighted by molar-refractivity contribution is 5.99. The van der Waals surface area contributed by atoms with Crippen molar-refractivity contribution in [3.8, 4) is 0 Å². The van der Waals surface area contributed by atoms with Gasteiger partial charge in [-0.05, 0) is 31.2 Å². The zero-order valence-electron chi connectivity index (χ0n) is 10.5. The third kappa shape index (κ3) is 3.63. The van der Waals surface area contributed by atoms with Crippen molar-refractivity contribution in [2.45, 2.75) is 6.92 Å². The Morgan fingerprint density at radius 3 is 1.67 bits per heavy atom. The average Bonchev–Trinajstić information content (AvgIpc) is 2.41. The van der Waals surface area contributed by atoms with E-state index in [1.165, 1.54) is 0 Å². The quantitative estimate of drug-likeness (QED) is 0.564. The molecule has 2 rings (SSSR count). The molecule has 0 amide bonds. The molecule has 0 aliphatic rings. The lowest BCUT2D eigenvalue weighted by molar-refractivity contribution is -0.452. The zero-order valence-corrected chi connectivity index (χ0v) is 10.5. The van der Waals surface area contributed by atoms with Gasteiger partial charge in [-0.25, -0.2) is 10.6 Å². The van der Waals surface area contributed by atoms with E-state index < -0.39 is 0 Å². The van der Waals surface area contributed by atoms with E-state index in [0.29, 0.717) is 0 Å². The van der Waals surface area contributed by atoms with Gasteiger partial charge in [0.1, 0.15) is 0 Å². The highest BCUT2D eigenvalue weighted by atomic mass is 15.2. The Labute approximate surface area is 108 Å². The molecule has 0 aliphatic heterocycles. The first-order valence-electron chi connectivity index (χ1n) is 6.13. The van der Waals surface area contributed by atoms with Gasteiger partial charge in [0.2, 0.25) is 0 Å². The summed E-state index contributed by atoms with van der Waals surface area (Å²) in [4.78, 5) is 3.27. The zero-order chi connectivity index (χ0) is 12.6. The molecule has 18 heavy (non-hydrogen) atoms. The number of benzene rings is 2. The minimum atomic E-state index is 0.856. The number of anilines is 2. The fraction of sp³-hybridized carbons (Fsp3) is 0.133. The smallest absolute Gasteiger partial charge is 0.278 e. The summed E-state index contributed by atoms with van der Waals surface area (Å²) in [6, 6.07) is 20.2. The second-order valence-electron chi connectivity index (χ2n) is 3.89. The highest BCUT2D eigenvalue weighted by Crippen LogP contribution is 2.07. The van der Waals surface area contributed by atoms with Crippen molar-refractivity contribution in [1.29, 1.82) is 0 Å². The molecule has 0 heterocycles. The molecule has 2 aromatic carbocycles. The fourth-order valence-corrected chi connectivity index (χ4v) is 1.63. The molecule has 0 radical (unpaired) electrons. The maximum absolute atomic E-state index is 3.32. The van der Waals surface area contributed by atoms with Crippen LogP contribution in [0.5, 0.6) is 0 Å². The third-order valence-corrected chi connectivity index (χ3v) is 2.44. The molecule has 0 atom stereocenters. The molecule has 3 N–H and O–H groups in total. The molecule has 0 saturated carbocycles. The van der Waals surface area contributed by atoms with Gasteiger partial charge in [-0.1, -0.05) is 36.4 Å². The Balaban J connectivity index is 2.08. The molecule has 0 aromatic heterocycles. The monoisotopic (exact) mass is 240 g/mol. The maximum atomic E-state index is 3.32. The summed E-state index contributed by atoms with van der Waals surface area (Å²) in [6.07, 6.45) is 0. The fourth-order valence-electron chi connectivity index (χ4n) is 1.63. The standard InChI is InChI=1S/C15H17N3/c1-2-16-15(17-13-9-5-3-6-10-13)18-14-11-7-4-8-12-14/h3-12H,2H2,1H3,(H2,16,17,18)/p+1. The summed E-state index contributed by atoms with van der Waals surface area (Å²) >= 11 is 0. The minimum Gasteiger partial charge on any atom is -0.278 e. The van der Waals surface area contributed by atoms with E-state index in [0.717, 1.165) is 23.9 Å². The van der Waals surface area contributed by atoms with E-state index in [4.69, 9.17) is 0 Å². The molecule has 3 heteroatoms. The Hall–Kier alpha value is -2.29. The van der Waals surface area contributed by atoms with E-state index in [1.807, 2.05) is 60.7 Å². The summed E-state index contributed by atoms with van der Waals surface area (Å²) in [5.41, 5.74) is 2.11.